The molecule has 0 aromatic heterocycles. The Hall–Kier alpha value is -2.79. The largest absolute Gasteiger partial charge is 0.493 e. The fourth-order valence-electron chi connectivity index (χ4n) is 3.06. The zero-order valence-corrected chi connectivity index (χ0v) is 17.2. The molecule has 0 saturated carbocycles. The maximum absolute atomic E-state index is 12.6. The van der Waals surface area contributed by atoms with Crippen molar-refractivity contribution < 1.29 is 14.3 Å². The molecule has 0 aliphatic heterocycles. The van der Waals surface area contributed by atoms with Gasteiger partial charge in [-0.3, -0.25) is 4.79 Å². The second kappa shape index (κ2) is 11.1. The summed E-state index contributed by atoms with van der Waals surface area (Å²) in [7, 11) is 5.25. The molecule has 1 amide bonds. The van der Waals surface area contributed by atoms with E-state index >= 15 is 0 Å². The highest BCUT2D eigenvalue weighted by Crippen LogP contribution is 2.33. The van der Waals surface area contributed by atoms with Gasteiger partial charge in [0.25, 0.3) is 5.91 Å². The Kier molecular flexibility index (Phi) is 8.56. The molecule has 0 saturated heterocycles. The predicted octanol–water partition coefficient (Wildman–Crippen LogP) is 3.99. The second-order valence-electron chi connectivity index (χ2n) is 6.63. The number of hydrogen-bond acceptors (Lipinski definition) is 4. The summed E-state index contributed by atoms with van der Waals surface area (Å²) in [4.78, 5) is 14.8. The molecule has 0 fully saturated rings. The average Bonchev–Trinajstić information content (AvgIpc) is 2.71. The van der Waals surface area contributed by atoms with Gasteiger partial charge in [0.05, 0.1) is 14.2 Å². The summed E-state index contributed by atoms with van der Waals surface area (Å²) >= 11 is 0. The normalized spacial score (nSPS) is 11.0. The molecule has 0 bridgehead atoms. The average molecular weight is 383 g/mol. The summed E-state index contributed by atoms with van der Waals surface area (Å²) in [5.41, 5.74) is 2.66. The minimum absolute atomic E-state index is 0.114. The number of benzene rings is 2. The fourth-order valence-corrected chi connectivity index (χ4v) is 3.06. The van der Waals surface area contributed by atoms with Crippen molar-refractivity contribution in [3.8, 4) is 11.5 Å². The molecule has 2 aromatic carbocycles. The number of hydrogen-bond donors (Lipinski definition) is 1. The van der Waals surface area contributed by atoms with Crippen LogP contribution in [-0.2, 0) is 6.54 Å². The van der Waals surface area contributed by atoms with E-state index in [0.717, 1.165) is 25.1 Å². The van der Waals surface area contributed by atoms with E-state index in [-0.39, 0.29) is 5.91 Å². The zero-order valence-electron chi connectivity index (χ0n) is 17.2. The maximum atomic E-state index is 12.6. The highest BCUT2D eigenvalue weighted by Gasteiger charge is 2.14. The number of carbonyl (C=O) groups is 1. The zero-order chi connectivity index (χ0) is 20.4. The molecule has 0 unspecified atom stereocenters. The second-order valence-corrected chi connectivity index (χ2v) is 6.63. The molecular formula is C23H30N2O3. The molecule has 0 radical (unpaired) electrons. The van der Waals surface area contributed by atoms with Gasteiger partial charge in [-0.2, -0.15) is 0 Å². The Balaban J connectivity index is 1.89. The van der Waals surface area contributed by atoms with Crippen LogP contribution < -0.4 is 14.8 Å². The van der Waals surface area contributed by atoms with Crippen molar-refractivity contribution in [1.82, 2.24) is 10.2 Å². The monoisotopic (exact) mass is 382 g/mol. The summed E-state index contributed by atoms with van der Waals surface area (Å²) in [6, 6.07) is 13.9. The molecule has 150 valence electrons. The van der Waals surface area contributed by atoms with Crippen LogP contribution in [0.25, 0.3) is 6.08 Å². The lowest BCUT2D eigenvalue weighted by Gasteiger charge is -2.17. The molecule has 0 aliphatic carbocycles. The van der Waals surface area contributed by atoms with Crippen LogP contribution in [0.15, 0.2) is 48.5 Å². The van der Waals surface area contributed by atoms with Gasteiger partial charge in [-0.25, -0.2) is 0 Å². The number of nitrogens with zero attached hydrogens (tertiary/aromatic N) is 1. The molecule has 0 atom stereocenters. The molecule has 2 rings (SSSR count). The molecule has 0 heterocycles. The first-order valence-electron chi connectivity index (χ1n) is 9.48. The third-order valence-electron chi connectivity index (χ3n) is 4.41. The van der Waals surface area contributed by atoms with Gasteiger partial charge in [-0.1, -0.05) is 42.5 Å². The van der Waals surface area contributed by atoms with Crippen LogP contribution in [0, 0.1) is 0 Å². The van der Waals surface area contributed by atoms with Gasteiger partial charge < -0.3 is 19.7 Å². The molecule has 0 spiro atoms. The summed E-state index contributed by atoms with van der Waals surface area (Å²) in [6.45, 7) is 4.35. The Morgan fingerprint density at radius 2 is 1.89 bits per heavy atom. The Morgan fingerprint density at radius 1 is 1.14 bits per heavy atom. The third-order valence-corrected chi connectivity index (χ3v) is 4.41. The number of carbonyl (C=O) groups excluding carboxylic acids is 1. The van der Waals surface area contributed by atoms with E-state index in [1.807, 2.05) is 31.2 Å². The van der Waals surface area contributed by atoms with Crippen molar-refractivity contribution in [3.63, 3.8) is 0 Å². The van der Waals surface area contributed by atoms with Gasteiger partial charge in [0, 0.05) is 24.2 Å². The third kappa shape index (κ3) is 6.13. The molecule has 2 aromatic rings. The minimum atomic E-state index is -0.114. The fraction of sp³-hybridized carbons (Fsp3) is 0.348. The lowest BCUT2D eigenvalue weighted by molar-refractivity contribution is 0.0951. The first kappa shape index (κ1) is 21.5. The minimum Gasteiger partial charge on any atom is -0.493 e. The topological polar surface area (TPSA) is 50.8 Å². The van der Waals surface area contributed by atoms with Gasteiger partial charge in [0.15, 0.2) is 11.5 Å². The maximum Gasteiger partial charge on any atom is 0.251 e. The van der Waals surface area contributed by atoms with Crippen molar-refractivity contribution in [2.75, 3.05) is 34.4 Å². The lowest BCUT2D eigenvalue weighted by atomic mass is 10.1. The predicted molar refractivity (Wildman–Crippen MR) is 114 cm³/mol. The Labute approximate surface area is 168 Å². The Bertz CT molecular complexity index is 788. The first-order chi connectivity index (χ1) is 13.6. The molecular weight excluding hydrogens is 352 g/mol. The number of ether oxygens (including phenoxy) is 2. The van der Waals surface area contributed by atoms with Gasteiger partial charge in [0.1, 0.15) is 0 Å². The van der Waals surface area contributed by atoms with Crippen LogP contribution in [0.4, 0.5) is 0 Å². The number of allylic oxidation sites excluding steroid dienone is 1. The molecule has 5 nitrogen and oxygen atoms in total. The number of amides is 1. The summed E-state index contributed by atoms with van der Waals surface area (Å²) in [6.07, 6.45) is 4.68. The smallest absolute Gasteiger partial charge is 0.251 e. The quantitative estimate of drug-likeness (QED) is 0.631. The number of nitrogens with one attached hydrogen (secondary N) is 1. The van der Waals surface area contributed by atoms with Crippen LogP contribution in [0.1, 0.15) is 34.8 Å². The van der Waals surface area contributed by atoms with Gasteiger partial charge in [-0.05, 0) is 44.6 Å². The van der Waals surface area contributed by atoms with Crippen molar-refractivity contribution in [3.05, 3.63) is 65.2 Å². The molecule has 28 heavy (non-hydrogen) atoms. The van der Waals surface area contributed by atoms with E-state index in [4.69, 9.17) is 9.47 Å². The summed E-state index contributed by atoms with van der Waals surface area (Å²) in [5.74, 6) is 1.06. The van der Waals surface area contributed by atoms with E-state index in [9.17, 15) is 4.79 Å². The van der Waals surface area contributed by atoms with E-state index in [2.05, 4.69) is 41.5 Å². The lowest BCUT2D eigenvalue weighted by Crippen LogP contribution is -2.28. The van der Waals surface area contributed by atoms with Gasteiger partial charge in [0.2, 0.25) is 0 Å². The molecule has 0 aliphatic rings. The highest BCUT2D eigenvalue weighted by molar-refractivity contribution is 5.95. The van der Waals surface area contributed by atoms with E-state index in [1.165, 1.54) is 5.56 Å². The van der Waals surface area contributed by atoms with E-state index in [0.29, 0.717) is 23.6 Å². The summed E-state index contributed by atoms with van der Waals surface area (Å²) in [5, 5.41) is 2.99. The number of methoxy groups -OCH3 is 2. The highest BCUT2D eigenvalue weighted by atomic mass is 16.5. The summed E-state index contributed by atoms with van der Waals surface area (Å²) < 4.78 is 10.8. The van der Waals surface area contributed by atoms with Gasteiger partial charge in [-0.15, -0.1) is 0 Å². The van der Waals surface area contributed by atoms with Crippen LogP contribution >= 0.6 is 0 Å². The Morgan fingerprint density at radius 3 is 2.54 bits per heavy atom. The van der Waals surface area contributed by atoms with E-state index in [1.54, 1.807) is 20.3 Å². The number of rotatable bonds is 10. The SMILES string of the molecule is C/C=C/c1cc(C(=O)NCCCN(C)Cc2ccccc2)cc(OC)c1OC. The van der Waals surface area contributed by atoms with Crippen molar-refractivity contribution in [2.24, 2.45) is 0 Å². The van der Waals surface area contributed by atoms with E-state index < -0.39 is 0 Å². The van der Waals surface area contributed by atoms with Crippen molar-refractivity contribution in [2.45, 2.75) is 19.9 Å². The van der Waals surface area contributed by atoms with Gasteiger partial charge >= 0.3 is 0 Å². The molecule has 1 N–H and O–H groups in total. The van der Waals surface area contributed by atoms with Crippen LogP contribution in [0.2, 0.25) is 0 Å². The van der Waals surface area contributed by atoms with Crippen LogP contribution in [-0.4, -0.2) is 45.2 Å². The van der Waals surface area contributed by atoms with Crippen molar-refractivity contribution in [1.29, 1.82) is 0 Å². The van der Waals surface area contributed by atoms with Crippen LogP contribution in [0.3, 0.4) is 0 Å². The first-order valence-corrected chi connectivity index (χ1v) is 9.48. The standard InChI is InChI=1S/C23H30N2O3/c1-5-10-19-15-20(16-21(27-3)22(19)28-4)23(26)24-13-9-14-25(2)17-18-11-7-6-8-12-18/h5-8,10-12,15-16H,9,13-14,17H2,1-4H3,(H,24,26)/b10-5+. The van der Waals surface area contributed by atoms with Crippen molar-refractivity contribution >= 4 is 12.0 Å². The van der Waals surface area contributed by atoms with Crippen LogP contribution in [0.5, 0.6) is 11.5 Å². The molecule has 5 heteroatoms.